The number of rotatable bonds is 2. The monoisotopic (exact) mass is 429 g/mol. The van der Waals surface area contributed by atoms with E-state index >= 15 is 0 Å². The van der Waals surface area contributed by atoms with Crippen LogP contribution in [0.25, 0.3) is 0 Å². The molecule has 0 bridgehead atoms. The van der Waals surface area contributed by atoms with Crippen LogP contribution in [0.4, 0.5) is 30.7 Å². The molecule has 0 spiro atoms. The molecule has 113 valence electrons. The maximum atomic E-state index is 14.4. The summed E-state index contributed by atoms with van der Waals surface area (Å²) in [5, 5.41) is 0. The first-order valence-corrected chi connectivity index (χ1v) is 6.60. The first-order chi connectivity index (χ1) is 8.80. The molecule has 0 aromatic heterocycles. The van der Waals surface area contributed by atoms with Gasteiger partial charge in [-0.25, -0.2) is 4.39 Å². The highest BCUT2D eigenvalue weighted by molar-refractivity contribution is 9.11. The molecule has 0 aliphatic carbocycles. The van der Waals surface area contributed by atoms with E-state index in [1.807, 2.05) is 0 Å². The number of hydrogen-bond donors (Lipinski definition) is 0. The van der Waals surface area contributed by atoms with Crippen molar-refractivity contribution in [2.24, 2.45) is 5.92 Å². The van der Waals surface area contributed by atoms with Gasteiger partial charge in [0.15, 0.2) is 0 Å². The zero-order valence-electron chi connectivity index (χ0n) is 9.63. The fourth-order valence-electron chi connectivity index (χ4n) is 1.60. The molecule has 0 N–H and O–H groups in total. The van der Waals surface area contributed by atoms with E-state index in [0.717, 1.165) is 0 Å². The van der Waals surface area contributed by atoms with Gasteiger partial charge in [0.25, 0.3) is 0 Å². The zero-order chi connectivity index (χ0) is 15.9. The van der Waals surface area contributed by atoms with Gasteiger partial charge in [0.2, 0.25) is 5.67 Å². The maximum Gasteiger partial charge on any atom is 0.427 e. The van der Waals surface area contributed by atoms with E-state index in [0.29, 0.717) is 12.1 Å². The lowest BCUT2D eigenvalue weighted by Crippen LogP contribution is -2.49. The normalized spacial score (nSPS) is 17.7. The van der Waals surface area contributed by atoms with E-state index in [1.165, 1.54) is 0 Å². The first-order valence-electron chi connectivity index (χ1n) is 5.01. The molecule has 0 aliphatic rings. The van der Waals surface area contributed by atoms with Gasteiger partial charge >= 0.3 is 12.4 Å². The molecule has 1 aromatic rings. The average Bonchev–Trinajstić information content (AvgIpc) is 2.22. The molecule has 0 saturated heterocycles. The predicted molar refractivity (Wildman–Crippen MR) is 64.7 cm³/mol. The lowest BCUT2D eigenvalue weighted by atomic mass is 9.83. The van der Waals surface area contributed by atoms with Crippen LogP contribution >= 0.6 is 31.9 Å². The van der Waals surface area contributed by atoms with Crippen LogP contribution in [0.3, 0.4) is 0 Å². The standard InChI is InChI=1S/C11H6Br2F7/c1-5(10(15,16)17)9(14,11(18,19)20)6-2-7(12)4-8(13)3-6/h2-3,5H,1H3. The number of benzene rings is 1. The summed E-state index contributed by atoms with van der Waals surface area (Å²) in [5.41, 5.74) is -5.70. The van der Waals surface area contributed by atoms with Gasteiger partial charge in [0.1, 0.15) is 0 Å². The topological polar surface area (TPSA) is 0 Å². The third-order valence-corrected chi connectivity index (χ3v) is 3.58. The van der Waals surface area contributed by atoms with Crippen LogP contribution in [0.1, 0.15) is 12.5 Å². The van der Waals surface area contributed by atoms with Crippen LogP contribution < -0.4 is 0 Å². The van der Waals surface area contributed by atoms with Crippen LogP contribution in [0.5, 0.6) is 0 Å². The Balaban J connectivity index is 3.55. The van der Waals surface area contributed by atoms with Gasteiger partial charge in [-0.3, -0.25) is 0 Å². The minimum absolute atomic E-state index is 0.0949. The quantitative estimate of drug-likeness (QED) is 0.509. The van der Waals surface area contributed by atoms with Crippen molar-refractivity contribution in [3.8, 4) is 0 Å². The van der Waals surface area contributed by atoms with Crippen LogP contribution in [0, 0.1) is 12.0 Å². The van der Waals surface area contributed by atoms with E-state index in [-0.39, 0.29) is 15.9 Å². The van der Waals surface area contributed by atoms with Gasteiger partial charge in [0.05, 0.1) is 5.92 Å². The Hall–Kier alpha value is -0.310. The zero-order valence-corrected chi connectivity index (χ0v) is 12.8. The van der Waals surface area contributed by atoms with Crippen molar-refractivity contribution in [3.05, 3.63) is 32.7 Å². The van der Waals surface area contributed by atoms with Gasteiger partial charge in [-0.1, -0.05) is 31.9 Å². The Morgan fingerprint density at radius 3 is 1.65 bits per heavy atom. The minimum atomic E-state index is -5.72. The highest BCUT2D eigenvalue weighted by Crippen LogP contribution is 2.53. The molecule has 0 aliphatic heterocycles. The fourth-order valence-corrected chi connectivity index (χ4v) is 2.78. The number of alkyl halides is 7. The summed E-state index contributed by atoms with van der Waals surface area (Å²) in [4.78, 5) is 0. The molecule has 1 rings (SSSR count). The first kappa shape index (κ1) is 17.7. The summed E-state index contributed by atoms with van der Waals surface area (Å²) >= 11 is 5.54. The van der Waals surface area contributed by atoms with Gasteiger partial charge in [-0.2, -0.15) is 26.3 Å². The van der Waals surface area contributed by atoms with Gasteiger partial charge in [0, 0.05) is 20.6 Å². The third kappa shape index (κ3) is 3.29. The second-order valence-electron chi connectivity index (χ2n) is 4.04. The van der Waals surface area contributed by atoms with Crippen molar-refractivity contribution < 1.29 is 30.7 Å². The second-order valence-corrected chi connectivity index (χ2v) is 5.75. The molecule has 0 heterocycles. The molecule has 1 aromatic carbocycles. The number of hydrogen-bond acceptors (Lipinski definition) is 0. The Bertz CT molecular complexity index is 474. The van der Waals surface area contributed by atoms with Crippen molar-refractivity contribution in [2.75, 3.05) is 0 Å². The lowest BCUT2D eigenvalue weighted by molar-refractivity contribution is -0.303. The van der Waals surface area contributed by atoms with Crippen LogP contribution in [-0.2, 0) is 5.67 Å². The summed E-state index contributed by atoms with van der Waals surface area (Å²) in [5.74, 6) is -3.25. The van der Waals surface area contributed by atoms with Crippen LogP contribution in [0.15, 0.2) is 21.1 Å². The minimum Gasteiger partial charge on any atom is -0.228 e. The summed E-state index contributed by atoms with van der Waals surface area (Å²) in [7, 11) is 0. The Kier molecular flexibility index (Phi) is 4.85. The Labute approximate surface area is 126 Å². The van der Waals surface area contributed by atoms with E-state index in [4.69, 9.17) is 0 Å². The van der Waals surface area contributed by atoms with Crippen molar-refractivity contribution in [2.45, 2.75) is 24.9 Å². The van der Waals surface area contributed by atoms with Crippen LogP contribution in [-0.4, -0.2) is 12.4 Å². The highest BCUT2D eigenvalue weighted by atomic mass is 79.9. The largest absolute Gasteiger partial charge is 0.427 e. The Morgan fingerprint density at radius 2 is 1.35 bits per heavy atom. The van der Waals surface area contributed by atoms with Crippen molar-refractivity contribution in [1.29, 1.82) is 0 Å². The van der Waals surface area contributed by atoms with E-state index < -0.39 is 29.5 Å². The number of halogens is 9. The second kappa shape index (κ2) is 5.47. The molecular weight excluding hydrogens is 425 g/mol. The fraction of sp³-hybridized carbons (Fsp3) is 0.455. The molecule has 2 atom stereocenters. The van der Waals surface area contributed by atoms with Crippen molar-refractivity contribution in [3.63, 3.8) is 0 Å². The lowest BCUT2D eigenvalue weighted by Gasteiger charge is -2.35. The van der Waals surface area contributed by atoms with E-state index in [1.54, 1.807) is 0 Å². The van der Waals surface area contributed by atoms with Gasteiger partial charge in [-0.05, 0) is 19.1 Å². The van der Waals surface area contributed by atoms with Gasteiger partial charge in [-0.15, -0.1) is 0 Å². The molecule has 20 heavy (non-hydrogen) atoms. The highest BCUT2D eigenvalue weighted by Gasteiger charge is 2.67. The van der Waals surface area contributed by atoms with Crippen molar-refractivity contribution in [1.82, 2.24) is 0 Å². The summed E-state index contributed by atoms with van der Waals surface area (Å²) in [6, 6.07) is 3.68. The predicted octanol–water partition coefficient (Wildman–Crippen LogP) is 5.94. The summed E-state index contributed by atoms with van der Waals surface area (Å²) in [6.45, 7) is 0.159. The maximum absolute atomic E-state index is 14.4. The van der Waals surface area contributed by atoms with Crippen LogP contribution in [0.2, 0.25) is 0 Å². The molecule has 0 nitrogen and oxygen atoms in total. The SMILES string of the molecule is CC(C(F)(F)F)C(F)(c1cc(Br)[c]c(Br)c1)C(F)(F)F. The van der Waals surface area contributed by atoms with E-state index in [9.17, 15) is 30.7 Å². The summed E-state index contributed by atoms with van der Waals surface area (Å²) in [6.07, 6.45) is -11.1. The molecule has 1 radical (unpaired) electrons. The van der Waals surface area contributed by atoms with Gasteiger partial charge < -0.3 is 0 Å². The Morgan fingerprint density at radius 1 is 0.950 bits per heavy atom. The van der Waals surface area contributed by atoms with E-state index in [2.05, 4.69) is 37.9 Å². The average molecular weight is 431 g/mol. The summed E-state index contributed by atoms with van der Waals surface area (Å²) < 4.78 is 90.7. The van der Waals surface area contributed by atoms with Crippen molar-refractivity contribution >= 4 is 31.9 Å². The molecular formula is C11H6Br2F7. The smallest absolute Gasteiger partial charge is 0.228 e. The molecule has 0 fully saturated rings. The molecule has 0 amide bonds. The third-order valence-electron chi connectivity index (χ3n) is 2.72. The molecule has 2 unspecified atom stereocenters. The molecule has 9 heteroatoms. The molecule has 0 saturated carbocycles.